The minimum absolute atomic E-state index is 0.169. The molecule has 138 valence electrons. The number of esters is 1. The molecule has 1 heterocycles. The number of hydrogen-bond acceptors (Lipinski definition) is 5. The van der Waals surface area contributed by atoms with Gasteiger partial charge in [-0.05, 0) is 31.7 Å². The molecule has 0 spiro atoms. The molecule has 26 heavy (non-hydrogen) atoms. The smallest absolute Gasteiger partial charge is 0.350 e. The maximum Gasteiger partial charge on any atom is 0.350 e. The lowest BCUT2D eigenvalue weighted by atomic mass is 9.70. The summed E-state index contributed by atoms with van der Waals surface area (Å²) in [6, 6.07) is 5.26. The van der Waals surface area contributed by atoms with Crippen molar-refractivity contribution in [2.45, 2.75) is 51.7 Å². The first-order valence-electron chi connectivity index (χ1n) is 8.84. The van der Waals surface area contributed by atoms with Crippen LogP contribution in [0, 0.1) is 5.92 Å². The van der Waals surface area contributed by atoms with E-state index in [1.54, 1.807) is 12.1 Å². The van der Waals surface area contributed by atoms with E-state index in [1.807, 2.05) is 39.8 Å². The molecule has 5 nitrogen and oxygen atoms in total. The molecule has 2 atom stereocenters. The highest BCUT2D eigenvalue weighted by Gasteiger charge is 2.85. The van der Waals surface area contributed by atoms with E-state index < -0.39 is 23.0 Å². The van der Waals surface area contributed by atoms with Crippen molar-refractivity contribution in [2.24, 2.45) is 5.92 Å². The predicted molar refractivity (Wildman–Crippen MR) is 96.3 cm³/mol. The van der Waals surface area contributed by atoms with Gasteiger partial charge in [-0.25, -0.2) is 4.79 Å². The van der Waals surface area contributed by atoms with E-state index in [9.17, 15) is 14.4 Å². The largest absolute Gasteiger partial charge is 0.466 e. The number of ketones is 2. The van der Waals surface area contributed by atoms with Crippen LogP contribution in [0.2, 0.25) is 0 Å². The van der Waals surface area contributed by atoms with Gasteiger partial charge in [-0.15, -0.1) is 0 Å². The lowest BCUT2D eigenvalue weighted by Gasteiger charge is -2.25. The van der Waals surface area contributed by atoms with E-state index in [0.29, 0.717) is 23.5 Å². The normalized spacial score (nSPS) is 26.2. The minimum atomic E-state index is -1.86. The van der Waals surface area contributed by atoms with Gasteiger partial charge in [0.25, 0.3) is 5.60 Å². The summed E-state index contributed by atoms with van der Waals surface area (Å²) >= 11 is 0. The highest BCUT2D eigenvalue weighted by atomic mass is 16.7. The summed E-state index contributed by atoms with van der Waals surface area (Å²) in [5.41, 5.74) is -0.948. The number of fused-ring (bicyclic) bond motifs is 2. The Kier molecular flexibility index (Phi) is 4.39. The Morgan fingerprint density at radius 1 is 1.23 bits per heavy atom. The number of epoxide rings is 1. The number of hydrogen-bond donors (Lipinski definition) is 0. The Balaban J connectivity index is 2.20. The van der Waals surface area contributed by atoms with Crippen LogP contribution in [0.25, 0.3) is 0 Å². The molecule has 0 amide bonds. The fraction of sp³-hybridized carbons (Fsp3) is 0.476. The monoisotopic (exact) mass is 356 g/mol. The average molecular weight is 356 g/mol. The van der Waals surface area contributed by atoms with E-state index in [1.165, 1.54) is 7.11 Å². The van der Waals surface area contributed by atoms with Gasteiger partial charge in [0.1, 0.15) is 0 Å². The van der Waals surface area contributed by atoms with Crippen molar-refractivity contribution in [3.8, 4) is 0 Å². The van der Waals surface area contributed by atoms with Gasteiger partial charge in [-0.1, -0.05) is 43.7 Å². The number of benzene rings is 1. The van der Waals surface area contributed by atoms with Crippen LogP contribution < -0.4 is 0 Å². The van der Waals surface area contributed by atoms with Crippen molar-refractivity contribution < 1.29 is 23.9 Å². The molecule has 0 bridgehead atoms. The molecular weight excluding hydrogens is 332 g/mol. The van der Waals surface area contributed by atoms with E-state index in [-0.39, 0.29) is 12.2 Å². The summed E-state index contributed by atoms with van der Waals surface area (Å²) < 4.78 is 10.6. The first-order valence-corrected chi connectivity index (χ1v) is 8.84. The van der Waals surface area contributed by atoms with Crippen LogP contribution in [0.15, 0.2) is 29.8 Å². The third kappa shape index (κ3) is 2.37. The van der Waals surface area contributed by atoms with Gasteiger partial charge in [-0.3, -0.25) is 9.59 Å². The second-order valence-electron chi connectivity index (χ2n) is 7.68. The molecule has 1 aliphatic carbocycles. The zero-order valence-corrected chi connectivity index (χ0v) is 15.8. The molecule has 0 radical (unpaired) electrons. The van der Waals surface area contributed by atoms with Crippen LogP contribution in [-0.4, -0.2) is 35.8 Å². The van der Waals surface area contributed by atoms with Gasteiger partial charge in [0, 0.05) is 17.5 Å². The molecule has 1 aromatic carbocycles. The average Bonchev–Trinajstić information content (AvgIpc) is 3.29. The zero-order valence-electron chi connectivity index (χ0n) is 15.8. The Morgan fingerprint density at radius 3 is 2.50 bits per heavy atom. The Morgan fingerprint density at radius 2 is 1.92 bits per heavy atom. The van der Waals surface area contributed by atoms with E-state index >= 15 is 0 Å². The summed E-state index contributed by atoms with van der Waals surface area (Å²) in [6.45, 7) is 7.86. The molecule has 0 aromatic heterocycles. The standard InChI is InChI=1S/C21H24O5/c1-12(2)9-10-20-17(22)15-8-6-7-14(11-13(3)4)16(15)18(23)21(20,26-20)19(24)25-5/h6-9,13H,10-11H2,1-5H3. The third-order valence-corrected chi connectivity index (χ3v) is 5.06. The van der Waals surface area contributed by atoms with E-state index in [2.05, 4.69) is 0 Å². The van der Waals surface area contributed by atoms with Crippen molar-refractivity contribution in [1.29, 1.82) is 0 Å². The Labute approximate surface area is 153 Å². The van der Waals surface area contributed by atoms with Crippen LogP contribution in [0.4, 0.5) is 0 Å². The Bertz CT molecular complexity index is 831. The second-order valence-corrected chi connectivity index (χ2v) is 7.68. The van der Waals surface area contributed by atoms with E-state index in [4.69, 9.17) is 9.47 Å². The molecule has 2 unspecified atom stereocenters. The molecule has 3 rings (SSSR count). The van der Waals surface area contributed by atoms with Crippen LogP contribution in [0.3, 0.4) is 0 Å². The van der Waals surface area contributed by atoms with Gasteiger partial charge in [0.2, 0.25) is 5.78 Å². The van der Waals surface area contributed by atoms with Crippen molar-refractivity contribution >= 4 is 17.5 Å². The SMILES string of the molecule is COC(=O)C12OC1(CC=C(C)C)C(=O)c1cccc(CC(C)C)c1C2=O. The predicted octanol–water partition coefficient (Wildman–Crippen LogP) is 3.30. The first-order chi connectivity index (χ1) is 12.2. The first kappa shape index (κ1) is 18.5. The van der Waals surface area contributed by atoms with Gasteiger partial charge >= 0.3 is 5.97 Å². The lowest BCUT2D eigenvalue weighted by Crippen LogP contribution is -2.50. The van der Waals surface area contributed by atoms with Crippen LogP contribution in [-0.2, 0) is 20.7 Å². The fourth-order valence-corrected chi connectivity index (χ4v) is 3.80. The summed E-state index contributed by atoms with van der Waals surface area (Å²) in [4.78, 5) is 39.2. The van der Waals surface area contributed by atoms with Crippen LogP contribution >= 0.6 is 0 Å². The van der Waals surface area contributed by atoms with Gasteiger partial charge in [0.05, 0.1) is 7.11 Å². The molecule has 1 saturated heterocycles. The van der Waals surface area contributed by atoms with E-state index in [0.717, 1.165) is 11.1 Å². The van der Waals surface area contributed by atoms with Gasteiger partial charge in [-0.2, -0.15) is 0 Å². The number of Topliss-reactive ketones (excluding diaryl/α,β-unsaturated/α-hetero) is 2. The maximum atomic E-state index is 13.4. The number of ether oxygens (including phenoxy) is 2. The maximum absolute atomic E-state index is 13.4. The second kappa shape index (κ2) is 6.16. The van der Waals surface area contributed by atoms with Crippen LogP contribution in [0.5, 0.6) is 0 Å². The van der Waals surface area contributed by atoms with Crippen LogP contribution in [0.1, 0.15) is 60.4 Å². The fourth-order valence-electron chi connectivity index (χ4n) is 3.80. The number of rotatable bonds is 5. The highest BCUT2D eigenvalue weighted by molar-refractivity contribution is 6.33. The summed E-state index contributed by atoms with van der Waals surface area (Å²) in [5.74, 6) is -1.28. The topological polar surface area (TPSA) is 73.0 Å². The summed E-state index contributed by atoms with van der Waals surface area (Å²) in [7, 11) is 1.21. The Hall–Kier alpha value is -2.27. The molecular formula is C21H24O5. The lowest BCUT2D eigenvalue weighted by molar-refractivity contribution is -0.145. The third-order valence-electron chi connectivity index (χ3n) is 5.06. The van der Waals surface area contributed by atoms with Crippen molar-refractivity contribution in [2.75, 3.05) is 7.11 Å². The zero-order chi connectivity index (χ0) is 19.3. The molecule has 1 fully saturated rings. The molecule has 2 aliphatic rings. The number of carbonyl (C=O) groups excluding carboxylic acids is 3. The van der Waals surface area contributed by atoms with Gasteiger partial charge in [0.15, 0.2) is 11.4 Å². The quantitative estimate of drug-likeness (QED) is 0.350. The molecule has 1 aliphatic heterocycles. The van der Waals surface area contributed by atoms with Crippen molar-refractivity contribution in [1.82, 2.24) is 0 Å². The molecule has 5 heteroatoms. The number of carbonyl (C=O) groups is 3. The molecule has 1 aromatic rings. The minimum Gasteiger partial charge on any atom is -0.466 e. The summed E-state index contributed by atoms with van der Waals surface area (Å²) in [6.07, 6.45) is 2.63. The van der Waals surface area contributed by atoms with Crippen molar-refractivity contribution in [3.63, 3.8) is 0 Å². The number of allylic oxidation sites excluding steroid dienone is 1. The highest BCUT2D eigenvalue weighted by Crippen LogP contribution is 2.58. The molecule has 0 N–H and O–H groups in total. The van der Waals surface area contributed by atoms with Crippen molar-refractivity contribution in [3.05, 3.63) is 46.5 Å². The number of methoxy groups -OCH3 is 1. The summed E-state index contributed by atoms with van der Waals surface area (Å²) in [5, 5.41) is 0. The molecule has 0 saturated carbocycles. The van der Waals surface area contributed by atoms with Gasteiger partial charge < -0.3 is 9.47 Å².